The monoisotopic (exact) mass is 314 g/mol. The number of piperidine rings is 1. The number of likely N-dealkylation sites (tertiary alicyclic amines) is 2. The fourth-order valence-corrected chi connectivity index (χ4v) is 3.68. The number of carbonyl (C=O) groups excluding carboxylic acids is 2. The Morgan fingerprint density at radius 3 is 2.39 bits per heavy atom. The van der Waals surface area contributed by atoms with E-state index in [1.807, 2.05) is 34.9 Å². The highest BCUT2D eigenvalue weighted by molar-refractivity contribution is 5.81. The molecule has 2 aliphatic heterocycles. The quantitative estimate of drug-likeness (QED) is 0.859. The van der Waals surface area contributed by atoms with Gasteiger partial charge in [0.05, 0.1) is 6.42 Å². The number of carbonyl (C=O) groups is 2. The standard InChI is InChI=1S/C19H26N2O2/c1-15-5-4-6-16(13-15)14-18(22)20-11-7-17(8-12-20)19(23)21-9-2-3-10-21/h4-6,13,17H,2-3,7-12,14H2,1H3. The summed E-state index contributed by atoms with van der Waals surface area (Å²) >= 11 is 0. The maximum absolute atomic E-state index is 12.4. The predicted molar refractivity (Wildman–Crippen MR) is 90.0 cm³/mol. The van der Waals surface area contributed by atoms with Gasteiger partial charge in [-0.2, -0.15) is 0 Å². The lowest BCUT2D eigenvalue weighted by Gasteiger charge is -2.33. The molecule has 1 aromatic carbocycles. The Kier molecular flexibility index (Phi) is 4.99. The molecule has 0 bridgehead atoms. The third-order valence-corrected chi connectivity index (χ3v) is 5.05. The Hall–Kier alpha value is -1.84. The lowest BCUT2D eigenvalue weighted by Crippen LogP contribution is -2.44. The molecule has 0 spiro atoms. The van der Waals surface area contributed by atoms with E-state index in [9.17, 15) is 9.59 Å². The van der Waals surface area contributed by atoms with Crippen LogP contribution in [-0.4, -0.2) is 47.8 Å². The first-order valence-electron chi connectivity index (χ1n) is 8.75. The summed E-state index contributed by atoms with van der Waals surface area (Å²) in [6.45, 7) is 5.32. The van der Waals surface area contributed by atoms with Crippen LogP contribution in [0.2, 0.25) is 0 Å². The third-order valence-electron chi connectivity index (χ3n) is 5.05. The van der Waals surface area contributed by atoms with Gasteiger partial charge in [0.2, 0.25) is 11.8 Å². The molecule has 2 aliphatic rings. The van der Waals surface area contributed by atoms with Crippen LogP contribution in [0.3, 0.4) is 0 Å². The predicted octanol–water partition coefficient (Wildman–Crippen LogP) is 2.40. The Morgan fingerprint density at radius 2 is 1.74 bits per heavy atom. The fourth-order valence-electron chi connectivity index (χ4n) is 3.68. The first-order valence-corrected chi connectivity index (χ1v) is 8.75. The second-order valence-electron chi connectivity index (χ2n) is 6.85. The van der Waals surface area contributed by atoms with E-state index in [4.69, 9.17) is 0 Å². The molecule has 124 valence electrons. The minimum atomic E-state index is 0.121. The van der Waals surface area contributed by atoms with Crippen LogP contribution in [0.25, 0.3) is 0 Å². The number of amides is 2. The van der Waals surface area contributed by atoms with E-state index in [1.165, 1.54) is 5.56 Å². The van der Waals surface area contributed by atoms with Gasteiger partial charge in [-0.05, 0) is 38.2 Å². The van der Waals surface area contributed by atoms with Gasteiger partial charge < -0.3 is 9.80 Å². The summed E-state index contributed by atoms with van der Waals surface area (Å²) in [4.78, 5) is 28.8. The summed E-state index contributed by atoms with van der Waals surface area (Å²) in [5.74, 6) is 0.618. The van der Waals surface area contributed by atoms with E-state index in [0.29, 0.717) is 12.3 Å². The molecule has 4 heteroatoms. The topological polar surface area (TPSA) is 40.6 Å². The minimum Gasteiger partial charge on any atom is -0.342 e. The molecule has 4 nitrogen and oxygen atoms in total. The van der Waals surface area contributed by atoms with Gasteiger partial charge in [0.25, 0.3) is 0 Å². The number of aryl methyl sites for hydroxylation is 1. The summed E-state index contributed by atoms with van der Waals surface area (Å²) in [6.07, 6.45) is 4.37. The summed E-state index contributed by atoms with van der Waals surface area (Å²) in [5, 5.41) is 0. The Labute approximate surface area is 138 Å². The summed E-state index contributed by atoms with van der Waals surface area (Å²) in [7, 11) is 0. The van der Waals surface area contributed by atoms with Crippen LogP contribution in [0, 0.1) is 12.8 Å². The lowest BCUT2D eigenvalue weighted by molar-refractivity contribution is -0.139. The van der Waals surface area contributed by atoms with Gasteiger partial charge in [-0.25, -0.2) is 0 Å². The highest BCUT2D eigenvalue weighted by Crippen LogP contribution is 2.22. The largest absolute Gasteiger partial charge is 0.342 e. The molecule has 1 aromatic rings. The van der Waals surface area contributed by atoms with Crippen LogP contribution in [0.4, 0.5) is 0 Å². The van der Waals surface area contributed by atoms with Gasteiger partial charge in [0.1, 0.15) is 0 Å². The SMILES string of the molecule is Cc1cccc(CC(=O)N2CCC(C(=O)N3CCCC3)CC2)c1. The van der Waals surface area contributed by atoms with Crippen LogP contribution in [0.1, 0.15) is 36.8 Å². The fraction of sp³-hybridized carbons (Fsp3) is 0.579. The molecule has 3 rings (SSSR count). The van der Waals surface area contributed by atoms with E-state index < -0.39 is 0 Å². The zero-order chi connectivity index (χ0) is 16.2. The maximum Gasteiger partial charge on any atom is 0.226 e. The highest BCUT2D eigenvalue weighted by Gasteiger charge is 2.31. The van der Waals surface area contributed by atoms with E-state index in [0.717, 1.165) is 57.4 Å². The van der Waals surface area contributed by atoms with Crippen LogP contribution >= 0.6 is 0 Å². The number of hydrogen-bond donors (Lipinski definition) is 0. The van der Waals surface area contributed by atoms with Gasteiger partial charge >= 0.3 is 0 Å². The van der Waals surface area contributed by atoms with E-state index in [-0.39, 0.29) is 11.8 Å². The third kappa shape index (κ3) is 3.92. The average Bonchev–Trinajstić information content (AvgIpc) is 3.09. The van der Waals surface area contributed by atoms with Crippen molar-refractivity contribution in [3.05, 3.63) is 35.4 Å². The van der Waals surface area contributed by atoms with Crippen molar-refractivity contribution in [2.45, 2.75) is 39.0 Å². The first-order chi connectivity index (χ1) is 11.1. The molecule has 2 amide bonds. The summed E-state index contributed by atoms with van der Waals surface area (Å²) < 4.78 is 0. The van der Waals surface area contributed by atoms with Crippen molar-refractivity contribution in [3.8, 4) is 0 Å². The van der Waals surface area contributed by atoms with Crippen molar-refractivity contribution in [2.75, 3.05) is 26.2 Å². The Morgan fingerprint density at radius 1 is 1.04 bits per heavy atom. The molecule has 0 N–H and O–H groups in total. The number of hydrogen-bond acceptors (Lipinski definition) is 2. The van der Waals surface area contributed by atoms with Crippen LogP contribution in [0.5, 0.6) is 0 Å². The molecule has 0 unspecified atom stereocenters. The van der Waals surface area contributed by atoms with Crippen molar-refractivity contribution in [3.63, 3.8) is 0 Å². The average molecular weight is 314 g/mol. The van der Waals surface area contributed by atoms with E-state index >= 15 is 0 Å². The van der Waals surface area contributed by atoms with Crippen molar-refractivity contribution < 1.29 is 9.59 Å². The van der Waals surface area contributed by atoms with Gasteiger partial charge in [-0.15, -0.1) is 0 Å². The molecule has 0 atom stereocenters. The number of benzene rings is 1. The zero-order valence-electron chi connectivity index (χ0n) is 14.0. The van der Waals surface area contributed by atoms with E-state index in [2.05, 4.69) is 6.07 Å². The van der Waals surface area contributed by atoms with Gasteiger partial charge in [0.15, 0.2) is 0 Å². The molecule has 2 heterocycles. The van der Waals surface area contributed by atoms with Crippen molar-refractivity contribution in [2.24, 2.45) is 5.92 Å². The lowest BCUT2D eigenvalue weighted by atomic mass is 9.95. The van der Waals surface area contributed by atoms with Crippen LogP contribution in [-0.2, 0) is 16.0 Å². The van der Waals surface area contributed by atoms with Gasteiger partial charge in [-0.3, -0.25) is 9.59 Å². The Balaban J connectivity index is 1.50. The first kappa shape index (κ1) is 16.0. The second kappa shape index (κ2) is 7.16. The molecular weight excluding hydrogens is 288 g/mol. The molecule has 0 aliphatic carbocycles. The van der Waals surface area contributed by atoms with E-state index in [1.54, 1.807) is 0 Å². The summed E-state index contributed by atoms with van der Waals surface area (Å²) in [6, 6.07) is 8.12. The van der Waals surface area contributed by atoms with Gasteiger partial charge in [0, 0.05) is 32.1 Å². The number of nitrogens with zero attached hydrogens (tertiary/aromatic N) is 2. The normalized spacial score (nSPS) is 19.2. The molecule has 23 heavy (non-hydrogen) atoms. The molecule has 0 aromatic heterocycles. The van der Waals surface area contributed by atoms with Crippen LogP contribution < -0.4 is 0 Å². The molecule has 2 fully saturated rings. The summed E-state index contributed by atoms with van der Waals surface area (Å²) in [5.41, 5.74) is 2.26. The number of rotatable bonds is 3. The van der Waals surface area contributed by atoms with Crippen molar-refractivity contribution in [1.82, 2.24) is 9.80 Å². The van der Waals surface area contributed by atoms with Crippen molar-refractivity contribution >= 4 is 11.8 Å². The Bertz CT molecular complexity index is 570. The smallest absolute Gasteiger partial charge is 0.226 e. The molecule has 0 saturated carbocycles. The minimum absolute atomic E-state index is 0.121. The molecule has 0 radical (unpaired) electrons. The maximum atomic E-state index is 12.4. The zero-order valence-corrected chi connectivity index (χ0v) is 14.0. The second-order valence-corrected chi connectivity index (χ2v) is 6.85. The highest BCUT2D eigenvalue weighted by atomic mass is 16.2. The van der Waals surface area contributed by atoms with Crippen molar-refractivity contribution in [1.29, 1.82) is 0 Å². The molecule has 2 saturated heterocycles. The molecular formula is C19H26N2O2. The van der Waals surface area contributed by atoms with Gasteiger partial charge in [-0.1, -0.05) is 29.8 Å². The van der Waals surface area contributed by atoms with Crippen LogP contribution in [0.15, 0.2) is 24.3 Å².